The molecule has 142 valence electrons. The normalized spacial score (nSPS) is 12.0. The predicted octanol–water partition coefficient (Wildman–Crippen LogP) is 4.63. The van der Waals surface area contributed by atoms with Crippen molar-refractivity contribution in [3.05, 3.63) is 54.1 Å². The van der Waals surface area contributed by atoms with Gasteiger partial charge in [0.1, 0.15) is 6.54 Å². The van der Waals surface area contributed by atoms with Gasteiger partial charge in [0.15, 0.2) is 0 Å². The molecule has 2 aromatic rings. The maximum absolute atomic E-state index is 12.5. The molecule has 0 radical (unpaired) electrons. The Morgan fingerprint density at radius 1 is 0.962 bits per heavy atom. The van der Waals surface area contributed by atoms with Gasteiger partial charge < -0.3 is 5.32 Å². The predicted molar refractivity (Wildman–Crippen MR) is 97.3 cm³/mol. The van der Waals surface area contributed by atoms with Gasteiger partial charge in [-0.25, -0.2) is 8.42 Å². The van der Waals surface area contributed by atoms with E-state index in [2.05, 4.69) is 10.0 Å². The number of nitrogens with one attached hydrogen (secondary N) is 2. The van der Waals surface area contributed by atoms with Crippen LogP contribution in [0.5, 0.6) is 0 Å². The van der Waals surface area contributed by atoms with E-state index < -0.39 is 22.7 Å². The third kappa shape index (κ3) is 6.10. The Hall–Kier alpha value is -1.93. The van der Waals surface area contributed by atoms with Crippen LogP contribution in [0.1, 0.15) is 12.0 Å². The van der Waals surface area contributed by atoms with E-state index in [1.165, 1.54) is 36.4 Å². The molecule has 4 nitrogen and oxygen atoms in total. The first kappa shape index (κ1) is 20.4. The van der Waals surface area contributed by atoms with Crippen LogP contribution in [-0.4, -0.2) is 27.0 Å². The summed E-state index contributed by atoms with van der Waals surface area (Å²) in [7, 11) is -3.92. The summed E-state index contributed by atoms with van der Waals surface area (Å²) in [6.45, 7) is -1.26. The first-order valence-electron chi connectivity index (χ1n) is 7.79. The molecule has 0 spiro atoms. The lowest BCUT2D eigenvalue weighted by molar-refractivity contribution is -0.115. The number of aryl methyl sites for hydroxylation is 1. The lowest BCUT2D eigenvalue weighted by Gasteiger charge is -2.15. The Kier molecular flexibility index (Phi) is 6.77. The molecule has 0 fully saturated rings. The van der Waals surface area contributed by atoms with Gasteiger partial charge in [-0.1, -0.05) is 24.3 Å². The fourth-order valence-electron chi connectivity index (χ4n) is 2.23. The zero-order valence-electron chi connectivity index (χ0n) is 13.7. The topological polar surface area (TPSA) is 58.2 Å². The highest BCUT2D eigenvalue weighted by molar-refractivity contribution is 7.92. The monoisotopic (exact) mass is 406 g/mol. The lowest BCUT2D eigenvalue weighted by atomic mass is 10.1. The second-order valence-corrected chi connectivity index (χ2v) is 7.62. The van der Waals surface area contributed by atoms with E-state index in [4.69, 9.17) is 11.6 Å². The van der Waals surface area contributed by atoms with E-state index in [9.17, 15) is 21.6 Å². The van der Waals surface area contributed by atoms with Crippen molar-refractivity contribution in [1.82, 2.24) is 0 Å². The molecule has 0 aliphatic rings. The van der Waals surface area contributed by atoms with Gasteiger partial charge in [-0.2, -0.15) is 13.2 Å². The Bertz CT molecular complexity index is 825. The summed E-state index contributed by atoms with van der Waals surface area (Å²) in [5.41, 5.74) is 1.05. The fraction of sp³-hybridized carbons (Fsp3) is 0.294. The third-order valence-electron chi connectivity index (χ3n) is 3.48. The van der Waals surface area contributed by atoms with Gasteiger partial charge in [0, 0.05) is 5.88 Å². The van der Waals surface area contributed by atoms with Crippen molar-refractivity contribution in [2.45, 2.75) is 23.9 Å². The Balaban J connectivity index is 2.16. The Labute approximate surface area is 155 Å². The van der Waals surface area contributed by atoms with Gasteiger partial charge in [0.2, 0.25) is 0 Å². The second kappa shape index (κ2) is 8.64. The standard InChI is InChI=1S/C17H18ClF3N2O2S/c18-11-3-4-13-7-9-14(10-8-13)26(24,25)23-16-6-2-1-5-15(16)22-12-17(19,20)21/h1-2,5-10,22-23H,3-4,11-12H2. The van der Waals surface area contributed by atoms with Crippen LogP contribution in [0.25, 0.3) is 0 Å². The zero-order chi connectivity index (χ0) is 19.2. The molecule has 0 heterocycles. The van der Waals surface area contributed by atoms with Crippen molar-refractivity contribution in [2.75, 3.05) is 22.5 Å². The third-order valence-corrected chi connectivity index (χ3v) is 5.13. The van der Waals surface area contributed by atoms with Crippen molar-refractivity contribution in [3.8, 4) is 0 Å². The molecule has 0 saturated carbocycles. The zero-order valence-corrected chi connectivity index (χ0v) is 15.3. The van der Waals surface area contributed by atoms with Gasteiger partial charge >= 0.3 is 6.18 Å². The number of hydrogen-bond acceptors (Lipinski definition) is 3. The van der Waals surface area contributed by atoms with Gasteiger partial charge in [-0.3, -0.25) is 4.72 Å². The van der Waals surface area contributed by atoms with E-state index in [1.54, 1.807) is 12.1 Å². The van der Waals surface area contributed by atoms with Crippen LogP contribution in [0.15, 0.2) is 53.4 Å². The fourth-order valence-corrected chi connectivity index (χ4v) is 3.44. The van der Waals surface area contributed by atoms with Crippen molar-refractivity contribution >= 4 is 33.0 Å². The molecule has 0 amide bonds. The van der Waals surface area contributed by atoms with E-state index in [1.807, 2.05) is 0 Å². The van der Waals surface area contributed by atoms with E-state index in [0.717, 1.165) is 18.4 Å². The average molecular weight is 407 g/mol. The highest BCUT2D eigenvalue weighted by Crippen LogP contribution is 2.26. The summed E-state index contributed by atoms with van der Waals surface area (Å²) in [5, 5.41) is 2.20. The van der Waals surface area contributed by atoms with Crippen LogP contribution in [0.2, 0.25) is 0 Å². The summed E-state index contributed by atoms with van der Waals surface area (Å²) in [6, 6.07) is 12.1. The average Bonchev–Trinajstić information content (AvgIpc) is 2.58. The number of para-hydroxylation sites is 2. The molecule has 0 aliphatic heterocycles. The second-order valence-electron chi connectivity index (χ2n) is 5.56. The maximum atomic E-state index is 12.5. The molecule has 0 aliphatic carbocycles. The van der Waals surface area contributed by atoms with Gasteiger partial charge in [0.25, 0.3) is 10.0 Å². The Morgan fingerprint density at radius 3 is 2.15 bits per heavy atom. The number of halogens is 4. The molecular weight excluding hydrogens is 389 g/mol. The summed E-state index contributed by atoms with van der Waals surface area (Å²) >= 11 is 5.63. The summed E-state index contributed by atoms with van der Waals surface area (Å²) in [5.74, 6) is 0.517. The summed E-state index contributed by atoms with van der Waals surface area (Å²) < 4.78 is 64.5. The van der Waals surface area contributed by atoms with E-state index in [0.29, 0.717) is 5.88 Å². The molecular formula is C17H18ClF3N2O2S. The molecule has 0 bridgehead atoms. The van der Waals surface area contributed by atoms with Crippen molar-refractivity contribution in [1.29, 1.82) is 0 Å². The molecule has 2 N–H and O–H groups in total. The van der Waals surface area contributed by atoms with Crippen LogP contribution < -0.4 is 10.0 Å². The van der Waals surface area contributed by atoms with Crippen LogP contribution in [0.3, 0.4) is 0 Å². The highest BCUT2D eigenvalue weighted by atomic mass is 35.5. The quantitative estimate of drug-likeness (QED) is 0.628. The number of anilines is 2. The van der Waals surface area contributed by atoms with Crippen LogP contribution in [-0.2, 0) is 16.4 Å². The first-order valence-corrected chi connectivity index (χ1v) is 9.80. The smallest absolute Gasteiger partial charge is 0.375 e. The maximum Gasteiger partial charge on any atom is 0.405 e. The van der Waals surface area contributed by atoms with Crippen LogP contribution in [0, 0.1) is 0 Å². The number of rotatable bonds is 8. The minimum Gasteiger partial charge on any atom is -0.375 e. The molecule has 0 saturated heterocycles. The number of hydrogen-bond donors (Lipinski definition) is 2. The SMILES string of the molecule is O=S(=O)(Nc1ccccc1NCC(F)(F)F)c1ccc(CCCCl)cc1. The summed E-state index contributed by atoms with van der Waals surface area (Å²) in [6.07, 6.45) is -2.89. The minimum absolute atomic E-state index is 0.0257. The van der Waals surface area contributed by atoms with Crippen LogP contribution in [0.4, 0.5) is 24.5 Å². The van der Waals surface area contributed by atoms with Gasteiger partial charge in [-0.05, 0) is 42.7 Å². The van der Waals surface area contributed by atoms with Crippen molar-refractivity contribution in [2.24, 2.45) is 0 Å². The summed E-state index contributed by atoms with van der Waals surface area (Å²) in [4.78, 5) is 0.0257. The molecule has 0 aromatic heterocycles. The first-order chi connectivity index (χ1) is 12.2. The van der Waals surface area contributed by atoms with E-state index >= 15 is 0 Å². The Morgan fingerprint density at radius 2 is 1.58 bits per heavy atom. The minimum atomic E-state index is -4.41. The van der Waals surface area contributed by atoms with Gasteiger partial charge in [-0.15, -0.1) is 11.6 Å². The molecule has 26 heavy (non-hydrogen) atoms. The molecule has 0 unspecified atom stereocenters. The number of benzene rings is 2. The molecule has 0 atom stereocenters. The largest absolute Gasteiger partial charge is 0.405 e. The molecule has 9 heteroatoms. The van der Waals surface area contributed by atoms with Crippen molar-refractivity contribution < 1.29 is 21.6 Å². The molecule has 2 rings (SSSR count). The highest BCUT2D eigenvalue weighted by Gasteiger charge is 2.27. The lowest BCUT2D eigenvalue weighted by Crippen LogP contribution is -2.22. The van der Waals surface area contributed by atoms with Crippen molar-refractivity contribution in [3.63, 3.8) is 0 Å². The number of sulfonamides is 1. The van der Waals surface area contributed by atoms with Gasteiger partial charge in [0.05, 0.1) is 16.3 Å². The molecule has 2 aromatic carbocycles. The van der Waals surface area contributed by atoms with E-state index in [-0.39, 0.29) is 16.3 Å². The van der Waals surface area contributed by atoms with Crippen LogP contribution >= 0.6 is 11.6 Å². The number of alkyl halides is 4.